The molecule has 4 heteroatoms. The Morgan fingerprint density at radius 1 is 1.13 bits per heavy atom. The fourth-order valence-corrected chi connectivity index (χ4v) is 2.39. The van der Waals surface area contributed by atoms with Gasteiger partial charge in [0.2, 0.25) is 0 Å². The third-order valence-corrected chi connectivity index (χ3v) is 4.26. The molecule has 0 saturated carbocycles. The number of nitrogens with one attached hydrogen (secondary N) is 1. The first-order chi connectivity index (χ1) is 11.0. The highest BCUT2D eigenvalue weighted by atomic mass is 19.1. The van der Waals surface area contributed by atoms with E-state index in [2.05, 4.69) is 31.1 Å². The maximum atomic E-state index is 14.0. The molecule has 3 rings (SSSR count). The van der Waals surface area contributed by atoms with Gasteiger partial charge in [-0.05, 0) is 49.2 Å². The van der Waals surface area contributed by atoms with E-state index < -0.39 is 0 Å². The van der Waals surface area contributed by atoms with Gasteiger partial charge in [-0.3, -0.25) is 0 Å². The zero-order chi connectivity index (χ0) is 16.4. The zero-order valence-corrected chi connectivity index (χ0v) is 13.6. The number of hydrogen-bond donors (Lipinski definition) is 1. The smallest absolute Gasteiger partial charge is 0.146 e. The Morgan fingerprint density at radius 3 is 2.74 bits per heavy atom. The molecule has 0 saturated heterocycles. The van der Waals surface area contributed by atoms with Crippen molar-refractivity contribution in [3.8, 4) is 11.3 Å². The first-order valence-corrected chi connectivity index (χ1v) is 7.91. The summed E-state index contributed by atoms with van der Waals surface area (Å²) in [5, 5.41) is 4.34. The maximum absolute atomic E-state index is 14.0. The molecule has 120 valence electrons. The van der Waals surface area contributed by atoms with Gasteiger partial charge in [0.05, 0.1) is 17.7 Å². The summed E-state index contributed by atoms with van der Waals surface area (Å²) in [6.07, 6.45) is 1.66. The SMILES string of the molecule is CC(C)[C@@H](C)NCc1nc(-c2ccc3occc3c2)ccc1F. The lowest BCUT2D eigenvalue weighted by atomic mass is 10.1. The van der Waals surface area contributed by atoms with Crippen molar-refractivity contribution in [2.45, 2.75) is 33.4 Å². The van der Waals surface area contributed by atoms with Crippen molar-refractivity contribution < 1.29 is 8.81 Å². The van der Waals surface area contributed by atoms with Crippen LogP contribution < -0.4 is 5.32 Å². The fraction of sp³-hybridized carbons (Fsp3) is 0.316. The summed E-state index contributed by atoms with van der Waals surface area (Å²) >= 11 is 0. The normalized spacial score (nSPS) is 12.9. The van der Waals surface area contributed by atoms with Gasteiger partial charge in [-0.25, -0.2) is 9.37 Å². The molecule has 3 nitrogen and oxygen atoms in total. The summed E-state index contributed by atoms with van der Waals surface area (Å²) in [4.78, 5) is 4.50. The molecule has 0 unspecified atom stereocenters. The summed E-state index contributed by atoms with van der Waals surface area (Å²) in [6, 6.07) is 11.3. The van der Waals surface area contributed by atoms with Crippen LogP contribution in [0.25, 0.3) is 22.2 Å². The summed E-state index contributed by atoms with van der Waals surface area (Å²) < 4.78 is 19.4. The third kappa shape index (κ3) is 3.42. The molecule has 3 aromatic rings. The molecule has 2 aromatic heterocycles. The molecule has 1 atom stereocenters. The Labute approximate surface area is 135 Å². The molecule has 0 spiro atoms. The highest BCUT2D eigenvalue weighted by molar-refractivity contribution is 5.82. The van der Waals surface area contributed by atoms with Gasteiger partial charge in [-0.15, -0.1) is 0 Å². The quantitative estimate of drug-likeness (QED) is 0.737. The molecule has 1 aromatic carbocycles. The Bertz CT molecular complexity index is 810. The van der Waals surface area contributed by atoms with Crippen LogP contribution in [0.2, 0.25) is 0 Å². The van der Waals surface area contributed by atoms with Gasteiger partial charge in [0, 0.05) is 23.5 Å². The number of halogens is 1. The summed E-state index contributed by atoms with van der Waals surface area (Å²) in [5.41, 5.74) is 3.01. The minimum absolute atomic E-state index is 0.276. The molecule has 0 fully saturated rings. The van der Waals surface area contributed by atoms with Crippen molar-refractivity contribution in [1.29, 1.82) is 0 Å². The van der Waals surface area contributed by atoms with E-state index in [1.807, 2.05) is 24.3 Å². The zero-order valence-electron chi connectivity index (χ0n) is 13.6. The van der Waals surface area contributed by atoms with Gasteiger partial charge in [0.15, 0.2) is 0 Å². The molecule has 2 heterocycles. The van der Waals surface area contributed by atoms with Crippen LogP contribution in [0, 0.1) is 11.7 Å². The van der Waals surface area contributed by atoms with Crippen LogP contribution in [0.4, 0.5) is 4.39 Å². The number of furan rings is 1. The van der Waals surface area contributed by atoms with E-state index in [9.17, 15) is 4.39 Å². The van der Waals surface area contributed by atoms with Crippen molar-refractivity contribution in [2.75, 3.05) is 0 Å². The van der Waals surface area contributed by atoms with Crippen LogP contribution in [0.3, 0.4) is 0 Å². The highest BCUT2D eigenvalue weighted by Crippen LogP contribution is 2.24. The van der Waals surface area contributed by atoms with E-state index in [1.54, 1.807) is 12.3 Å². The Kier molecular flexibility index (Phi) is 4.44. The molecule has 0 amide bonds. The molecule has 1 N–H and O–H groups in total. The summed E-state index contributed by atoms with van der Waals surface area (Å²) in [5.74, 6) is 0.214. The van der Waals surface area contributed by atoms with Crippen LogP contribution in [0.5, 0.6) is 0 Å². The van der Waals surface area contributed by atoms with Crippen molar-refractivity contribution >= 4 is 11.0 Å². The first-order valence-electron chi connectivity index (χ1n) is 7.91. The van der Waals surface area contributed by atoms with Crippen LogP contribution in [0.1, 0.15) is 26.5 Å². The van der Waals surface area contributed by atoms with Gasteiger partial charge in [0.1, 0.15) is 11.4 Å². The van der Waals surface area contributed by atoms with E-state index in [4.69, 9.17) is 4.42 Å². The molecule has 0 aliphatic carbocycles. The summed E-state index contributed by atoms with van der Waals surface area (Å²) in [6.45, 7) is 6.79. The van der Waals surface area contributed by atoms with E-state index in [0.717, 1.165) is 22.2 Å². The number of benzene rings is 1. The number of pyridine rings is 1. The molecular weight excluding hydrogens is 291 g/mol. The Balaban J connectivity index is 1.87. The van der Waals surface area contributed by atoms with Crippen molar-refractivity contribution in [2.24, 2.45) is 5.92 Å². The van der Waals surface area contributed by atoms with E-state index in [0.29, 0.717) is 24.2 Å². The molecule has 0 aliphatic heterocycles. The molecule has 0 radical (unpaired) electrons. The van der Waals surface area contributed by atoms with Gasteiger partial charge in [0.25, 0.3) is 0 Å². The Morgan fingerprint density at radius 2 is 1.96 bits per heavy atom. The second-order valence-corrected chi connectivity index (χ2v) is 6.21. The lowest BCUT2D eigenvalue weighted by Gasteiger charge is -2.17. The van der Waals surface area contributed by atoms with Crippen LogP contribution >= 0.6 is 0 Å². The molecule has 23 heavy (non-hydrogen) atoms. The van der Waals surface area contributed by atoms with Crippen LogP contribution in [-0.4, -0.2) is 11.0 Å². The topological polar surface area (TPSA) is 38.1 Å². The van der Waals surface area contributed by atoms with Gasteiger partial charge in [-0.2, -0.15) is 0 Å². The number of nitrogens with zero attached hydrogens (tertiary/aromatic N) is 1. The van der Waals surface area contributed by atoms with Crippen LogP contribution in [-0.2, 0) is 6.54 Å². The average Bonchev–Trinajstić information content (AvgIpc) is 3.01. The molecule has 0 aliphatic rings. The standard InChI is InChI=1S/C19H21FN2O/c1-12(2)13(3)21-11-18-16(20)5-6-17(22-18)14-4-7-19-15(10-14)8-9-23-19/h4-10,12-13,21H,11H2,1-3H3/t13-/m1/s1. The summed E-state index contributed by atoms with van der Waals surface area (Å²) in [7, 11) is 0. The number of fused-ring (bicyclic) bond motifs is 1. The average molecular weight is 312 g/mol. The second kappa shape index (κ2) is 6.50. The highest BCUT2D eigenvalue weighted by Gasteiger charge is 2.11. The van der Waals surface area contributed by atoms with E-state index >= 15 is 0 Å². The number of hydrogen-bond acceptors (Lipinski definition) is 3. The van der Waals surface area contributed by atoms with Gasteiger partial charge >= 0.3 is 0 Å². The monoisotopic (exact) mass is 312 g/mol. The largest absolute Gasteiger partial charge is 0.464 e. The number of rotatable bonds is 5. The van der Waals surface area contributed by atoms with Crippen molar-refractivity contribution in [1.82, 2.24) is 10.3 Å². The van der Waals surface area contributed by atoms with Crippen molar-refractivity contribution in [3.05, 3.63) is 54.2 Å². The van der Waals surface area contributed by atoms with E-state index in [-0.39, 0.29) is 5.82 Å². The number of aromatic nitrogens is 1. The third-order valence-electron chi connectivity index (χ3n) is 4.26. The lowest BCUT2D eigenvalue weighted by molar-refractivity contribution is 0.418. The van der Waals surface area contributed by atoms with Gasteiger partial charge < -0.3 is 9.73 Å². The first kappa shape index (κ1) is 15.7. The maximum Gasteiger partial charge on any atom is 0.146 e. The predicted molar refractivity (Wildman–Crippen MR) is 90.5 cm³/mol. The minimum Gasteiger partial charge on any atom is -0.464 e. The fourth-order valence-electron chi connectivity index (χ4n) is 2.39. The predicted octanol–water partition coefficient (Wildman–Crippen LogP) is 4.77. The second-order valence-electron chi connectivity index (χ2n) is 6.21. The molecular formula is C19H21FN2O. The molecule has 0 bridgehead atoms. The lowest BCUT2D eigenvalue weighted by Crippen LogP contribution is -2.30. The van der Waals surface area contributed by atoms with Gasteiger partial charge in [-0.1, -0.05) is 13.8 Å². The van der Waals surface area contributed by atoms with Crippen LogP contribution in [0.15, 0.2) is 47.1 Å². The van der Waals surface area contributed by atoms with E-state index in [1.165, 1.54) is 6.07 Å². The van der Waals surface area contributed by atoms with Crippen molar-refractivity contribution in [3.63, 3.8) is 0 Å². The Hall–Kier alpha value is -2.20. The minimum atomic E-state index is -0.276.